The standard InChI is InChI=1S/C23H25F3N4O2/c24-18-13-20(26)19(25)11-15(18)10-16(27)12-21(31)29-8-6-23(7-9-29)22(32)28-14-30(23)17-4-2-1-3-5-17/h1-5,11,13,16H,6-10,12,14,27H2,(H,28,32)/t16-/m1/s1. The summed E-state index contributed by atoms with van der Waals surface area (Å²) in [6.07, 6.45) is 0.815. The van der Waals surface area contributed by atoms with E-state index in [0.29, 0.717) is 38.7 Å². The summed E-state index contributed by atoms with van der Waals surface area (Å²) in [5, 5.41) is 2.92. The predicted molar refractivity (Wildman–Crippen MR) is 113 cm³/mol. The predicted octanol–water partition coefficient (Wildman–Crippen LogP) is 2.32. The van der Waals surface area contributed by atoms with Crippen LogP contribution in [-0.2, 0) is 16.0 Å². The number of carbonyl (C=O) groups is 2. The van der Waals surface area contributed by atoms with Crippen LogP contribution in [0.2, 0.25) is 0 Å². The summed E-state index contributed by atoms with van der Waals surface area (Å²) in [5.74, 6) is -3.56. The Morgan fingerprint density at radius 2 is 1.72 bits per heavy atom. The molecule has 2 amide bonds. The Morgan fingerprint density at radius 1 is 1.06 bits per heavy atom. The number of anilines is 1. The number of carbonyl (C=O) groups excluding carboxylic acids is 2. The van der Waals surface area contributed by atoms with Crippen molar-refractivity contribution in [2.45, 2.75) is 37.3 Å². The number of hydrogen-bond acceptors (Lipinski definition) is 4. The second-order valence-corrected chi connectivity index (χ2v) is 8.37. The van der Waals surface area contributed by atoms with Crippen molar-refractivity contribution in [3.05, 3.63) is 65.5 Å². The van der Waals surface area contributed by atoms with E-state index in [2.05, 4.69) is 10.2 Å². The van der Waals surface area contributed by atoms with E-state index < -0.39 is 29.0 Å². The van der Waals surface area contributed by atoms with Crippen molar-refractivity contribution in [1.82, 2.24) is 10.2 Å². The molecule has 0 saturated carbocycles. The van der Waals surface area contributed by atoms with Gasteiger partial charge in [0.2, 0.25) is 11.8 Å². The first kappa shape index (κ1) is 22.1. The van der Waals surface area contributed by atoms with Crippen LogP contribution in [0.3, 0.4) is 0 Å². The Hall–Kier alpha value is -3.07. The van der Waals surface area contributed by atoms with E-state index in [4.69, 9.17) is 5.73 Å². The van der Waals surface area contributed by atoms with Crippen LogP contribution in [0.15, 0.2) is 42.5 Å². The van der Waals surface area contributed by atoms with Gasteiger partial charge < -0.3 is 20.9 Å². The molecule has 1 atom stereocenters. The summed E-state index contributed by atoms with van der Waals surface area (Å²) >= 11 is 0. The van der Waals surface area contributed by atoms with Crippen molar-refractivity contribution in [3.63, 3.8) is 0 Å². The van der Waals surface area contributed by atoms with Gasteiger partial charge >= 0.3 is 0 Å². The third-order valence-corrected chi connectivity index (χ3v) is 6.36. The summed E-state index contributed by atoms with van der Waals surface area (Å²) in [6.45, 7) is 1.20. The summed E-state index contributed by atoms with van der Waals surface area (Å²) in [6, 6.07) is 10.2. The average Bonchev–Trinajstić information content (AvgIpc) is 3.08. The molecule has 2 aromatic rings. The second kappa shape index (κ2) is 8.82. The molecule has 2 heterocycles. The van der Waals surface area contributed by atoms with Gasteiger partial charge in [0.25, 0.3) is 0 Å². The molecule has 1 spiro atoms. The molecule has 2 aromatic carbocycles. The van der Waals surface area contributed by atoms with Crippen molar-refractivity contribution in [3.8, 4) is 0 Å². The molecule has 0 radical (unpaired) electrons. The molecule has 2 aliphatic heterocycles. The van der Waals surface area contributed by atoms with Gasteiger partial charge in [0, 0.05) is 37.3 Å². The first-order valence-corrected chi connectivity index (χ1v) is 10.6. The Bertz CT molecular complexity index is 1010. The van der Waals surface area contributed by atoms with Crippen LogP contribution in [0.25, 0.3) is 0 Å². The van der Waals surface area contributed by atoms with Crippen LogP contribution < -0.4 is 16.0 Å². The number of hydrogen-bond donors (Lipinski definition) is 2. The number of rotatable bonds is 5. The van der Waals surface area contributed by atoms with E-state index in [-0.39, 0.29) is 30.2 Å². The van der Waals surface area contributed by atoms with Gasteiger partial charge in [-0.1, -0.05) is 18.2 Å². The number of para-hydroxylation sites is 1. The fourth-order valence-electron chi connectivity index (χ4n) is 4.59. The van der Waals surface area contributed by atoms with E-state index in [9.17, 15) is 22.8 Å². The number of nitrogens with two attached hydrogens (primary N) is 1. The lowest BCUT2D eigenvalue weighted by molar-refractivity contribution is -0.135. The first-order chi connectivity index (χ1) is 15.3. The third kappa shape index (κ3) is 4.17. The summed E-state index contributed by atoms with van der Waals surface area (Å²) < 4.78 is 40.4. The van der Waals surface area contributed by atoms with E-state index >= 15 is 0 Å². The number of amides is 2. The zero-order valence-corrected chi connectivity index (χ0v) is 17.5. The normalized spacial score (nSPS) is 18.7. The highest BCUT2D eigenvalue weighted by Crippen LogP contribution is 2.36. The van der Waals surface area contributed by atoms with E-state index in [1.807, 2.05) is 30.3 Å². The van der Waals surface area contributed by atoms with Crippen LogP contribution in [-0.4, -0.2) is 48.1 Å². The molecule has 170 valence electrons. The van der Waals surface area contributed by atoms with Gasteiger partial charge in [0.05, 0.1) is 6.67 Å². The van der Waals surface area contributed by atoms with Crippen LogP contribution in [0, 0.1) is 17.5 Å². The molecule has 32 heavy (non-hydrogen) atoms. The fourth-order valence-corrected chi connectivity index (χ4v) is 4.59. The van der Waals surface area contributed by atoms with E-state index in [0.717, 1.165) is 11.8 Å². The number of likely N-dealkylation sites (tertiary alicyclic amines) is 1. The highest BCUT2D eigenvalue weighted by Gasteiger charge is 2.50. The molecule has 0 aromatic heterocycles. The second-order valence-electron chi connectivity index (χ2n) is 8.37. The van der Waals surface area contributed by atoms with Crippen molar-refractivity contribution in [2.24, 2.45) is 5.73 Å². The number of nitrogens with zero attached hydrogens (tertiary/aromatic N) is 2. The van der Waals surface area contributed by atoms with Crippen molar-refractivity contribution >= 4 is 17.5 Å². The molecular weight excluding hydrogens is 421 g/mol. The van der Waals surface area contributed by atoms with Crippen molar-refractivity contribution in [2.75, 3.05) is 24.7 Å². The van der Waals surface area contributed by atoms with Gasteiger partial charge in [-0.05, 0) is 43.0 Å². The number of halogens is 3. The maximum Gasteiger partial charge on any atom is 0.247 e. The molecule has 2 fully saturated rings. The topological polar surface area (TPSA) is 78.7 Å². The van der Waals surface area contributed by atoms with E-state index in [1.165, 1.54) is 0 Å². The van der Waals surface area contributed by atoms with Crippen LogP contribution in [0.1, 0.15) is 24.8 Å². The Labute approximate surface area is 184 Å². The molecule has 6 nitrogen and oxygen atoms in total. The van der Waals surface area contributed by atoms with Gasteiger partial charge in [0.15, 0.2) is 11.6 Å². The van der Waals surface area contributed by atoms with E-state index in [1.54, 1.807) is 4.90 Å². The van der Waals surface area contributed by atoms with Crippen LogP contribution >= 0.6 is 0 Å². The molecule has 4 rings (SSSR count). The minimum absolute atomic E-state index is 0.0426. The Balaban J connectivity index is 1.37. The average molecular weight is 446 g/mol. The summed E-state index contributed by atoms with van der Waals surface area (Å²) in [4.78, 5) is 29.2. The smallest absolute Gasteiger partial charge is 0.247 e. The lowest BCUT2D eigenvalue weighted by Gasteiger charge is -2.43. The van der Waals surface area contributed by atoms with Gasteiger partial charge in [-0.3, -0.25) is 9.59 Å². The van der Waals surface area contributed by atoms with Gasteiger partial charge in [-0.25, -0.2) is 13.2 Å². The summed E-state index contributed by atoms with van der Waals surface area (Å²) in [5.41, 5.74) is 6.18. The number of piperidine rings is 1. The lowest BCUT2D eigenvalue weighted by Crippen LogP contribution is -2.57. The zero-order valence-electron chi connectivity index (χ0n) is 17.5. The van der Waals surface area contributed by atoms with Gasteiger partial charge in [0.1, 0.15) is 11.4 Å². The highest BCUT2D eigenvalue weighted by atomic mass is 19.2. The molecule has 2 saturated heterocycles. The monoisotopic (exact) mass is 446 g/mol. The first-order valence-electron chi connectivity index (χ1n) is 10.6. The lowest BCUT2D eigenvalue weighted by atomic mass is 9.85. The SMILES string of the molecule is N[C@@H](CC(=O)N1CCC2(CC1)C(=O)NCN2c1ccccc1)Cc1cc(F)c(F)cc1F. The third-order valence-electron chi connectivity index (χ3n) is 6.36. The van der Waals surface area contributed by atoms with Crippen molar-refractivity contribution < 1.29 is 22.8 Å². The van der Waals surface area contributed by atoms with Crippen molar-refractivity contribution in [1.29, 1.82) is 0 Å². The number of benzene rings is 2. The largest absolute Gasteiger partial charge is 0.342 e. The molecule has 0 aliphatic carbocycles. The maximum atomic E-state index is 13.9. The Morgan fingerprint density at radius 3 is 2.41 bits per heavy atom. The maximum absolute atomic E-state index is 13.9. The van der Waals surface area contributed by atoms with Gasteiger partial charge in [-0.15, -0.1) is 0 Å². The molecule has 2 aliphatic rings. The molecule has 9 heteroatoms. The van der Waals surface area contributed by atoms with Gasteiger partial charge in [-0.2, -0.15) is 0 Å². The summed E-state index contributed by atoms with van der Waals surface area (Å²) in [7, 11) is 0. The molecular formula is C23H25F3N4O2. The zero-order chi connectivity index (χ0) is 22.9. The van der Waals surface area contributed by atoms with Crippen LogP contribution in [0.4, 0.5) is 18.9 Å². The molecule has 0 unspecified atom stereocenters. The Kier molecular flexibility index (Phi) is 6.10. The minimum Gasteiger partial charge on any atom is -0.342 e. The fraction of sp³-hybridized carbons (Fsp3) is 0.391. The number of nitrogens with one attached hydrogen (secondary N) is 1. The molecule has 0 bridgehead atoms. The highest BCUT2D eigenvalue weighted by molar-refractivity contribution is 5.93. The quantitative estimate of drug-likeness (QED) is 0.691. The molecule has 3 N–H and O–H groups in total. The van der Waals surface area contributed by atoms with Crippen LogP contribution in [0.5, 0.6) is 0 Å². The minimum atomic E-state index is -1.27.